The van der Waals surface area contributed by atoms with E-state index in [0.717, 1.165) is 5.56 Å². The number of hydrogen-bond donors (Lipinski definition) is 3. The van der Waals surface area contributed by atoms with Crippen LogP contribution in [0.15, 0.2) is 35.5 Å². The lowest BCUT2D eigenvalue weighted by Crippen LogP contribution is -1.97. The van der Waals surface area contributed by atoms with Crippen LogP contribution in [-0.4, -0.2) is 26.5 Å². The lowest BCUT2D eigenvalue weighted by molar-refractivity contribution is 0.280. The molecular formula is C15H16N2O3. The number of aliphatic hydroxyl groups excluding tert-OH is 2. The fourth-order valence-electron chi connectivity index (χ4n) is 1.80. The van der Waals surface area contributed by atoms with Gasteiger partial charge in [0.15, 0.2) is 0 Å². The number of aryl methyl sites for hydroxylation is 1. The maximum absolute atomic E-state index is 9.98. The fraction of sp³-hybridized carbons (Fsp3) is 0.200. The zero-order chi connectivity index (χ0) is 14.5. The van der Waals surface area contributed by atoms with E-state index in [9.17, 15) is 10.2 Å². The number of aromatic hydroxyl groups is 1. The second-order valence-corrected chi connectivity index (χ2v) is 4.38. The molecule has 0 unspecified atom stereocenters. The van der Waals surface area contributed by atoms with Crippen LogP contribution >= 0.6 is 0 Å². The van der Waals surface area contributed by atoms with Crippen molar-refractivity contribution in [3.8, 4) is 5.75 Å². The summed E-state index contributed by atoms with van der Waals surface area (Å²) in [5.41, 5.74) is 2.86. The SMILES string of the molecule is Cc1ncc(CO)c(C=Nc2cccc(CO)c2)c1O. The molecule has 0 aliphatic carbocycles. The van der Waals surface area contributed by atoms with Crippen molar-refractivity contribution < 1.29 is 15.3 Å². The predicted molar refractivity (Wildman–Crippen MR) is 76.2 cm³/mol. The third kappa shape index (κ3) is 3.01. The van der Waals surface area contributed by atoms with Crippen molar-refractivity contribution in [3.05, 3.63) is 52.8 Å². The van der Waals surface area contributed by atoms with Crippen LogP contribution in [0, 0.1) is 6.92 Å². The molecule has 0 saturated carbocycles. The first-order chi connectivity index (χ1) is 9.65. The van der Waals surface area contributed by atoms with Gasteiger partial charge in [0.1, 0.15) is 5.75 Å². The molecule has 0 saturated heterocycles. The Morgan fingerprint density at radius 1 is 1.25 bits per heavy atom. The summed E-state index contributed by atoms with van der Waals surface area (Å²) in [6.45, 7) is 1.41. The van der Waals surface area contributed by atoms with Gasteiger partial charge in [-0.3, -0.25) is 9.98 Å². The molecule has 2 rings (SSSR count). The third-order valence-electron chi connectivity index (χ3n) is 2.96. The van der Waals surface area contributed by atoms with E-state index in [1.54, 1.807) is 31.2 Å². The molecule has 2 aromatic rings. The molecule has 0 aliphatic rings. The van der Waals surface area contributed by atoms with E-state index in [-0.39, 0.29) is 19.0 Å². The van der Waals surface area contributed by atoms with Crippen LogP contribution in [0.1, 0.15) is 22.4 Å². The quantitative estimate of drug-likeness (QED) is 0.741. The Labute approximate surface area is 116 Å². The first kappa shape index (κ1) is 14.2. The van der Waals surface area contributed by atoms with Crippen LogP contribution in [0.2, 0.25) is 0 Å². The van der Waals surface area contributed by atoms with Crippen molar-refractivity contribution >= 4 is 11.9 Å². The largest absolute Gasteiger partial charge is 0.505 e. The Balaban J connectivity index is 2.37. The van der Waals surface area contributed by atoms with E-state index < -0.39 is 0 Å². The van der Waals surface area contributed by atoms with Gasteiger partial charge in [-0.2, -0.15) is 0 Å². The highest BCUT2D eigenvalue weighted by atomic mass is 16.3. The molecule has 104 valence electrons. The predicted octanol–water partition coefficient (Wildman–Crippen LogP) is 1.83. The Morgan fingerprint density at radius 2 is 2.05 bits per heavy atom. The molecule has 0 fully saturated rings. The third-order valence-corrected chi connectivity index (χ3v) is 2.96. The molecule has 1 aromatic carbocycles. The topological polar surface area (TPSA) is 85.9 Å². The lowest BCUT2D eigenvalue weighted by Gasteiger charge is -2.07. The van der Waals surface area contributed by atoms with Crippen LogP contribution in [-0.2, 0) is 13.2 Å². The molecule has 0 bridgehead atoms. The first-order valence-electron chi connectivity index (χ1n) is 6.18. The molecule has 5 heteroatoms. The van der Waals surface area contributed by atoms with Crippen LogP contribution in [0.25, 0.3) is 0 Å². The average Bonchev–Trinajstić information content (AvgIpc) is 2.49. The standard InChI is InChI=1S/C15H16N2O3/c1-10-15(20)14(12(9-19)6-16-10)7-17-13-4-2-3-11(5-13)8-18/h2-7,18-20H,8-9H2,1H3. The van der Waals surface area contributed by atoms with E-state index >= 15 is 0 Å². The second kappa shape index (κ2) is 6.27. The number of aliphatic imine (C=N–C) groups is 1. The van der Waals surface area contributed by atoms with E-state index in [1.807, 2.05) is 0 Å². The second-order valence-electron chi connectivity index (χ2n) is 4.38. The number of hydrogen-bond acceptors (Lipinski definition) is 5. The van der Waals surface area contributed by atoms with E-state index in [4.69, 9.17) is 5.11 Å². The van der Waals surface area contributed by atoms with Gasteiger partial charge in [0.2, 0.25) is 0 Å². The van der Waals surface area contributed by atoms with E-state index in [0.29, 0.717) is 22.5 Å². The zero-order valence-electron chi connectivity index (χ0n) is 11.1. The molecular weight excluding hydrogens is 256 g/mol. The van der Waals surface area contributed by atoms with Gasteiger partial charge in [0.25, 0.3) is 0 Å². The van der Waals surface area contributed by atoms with Gasteiger partial charge in [-0.05, 0) is 24.6 Å². The zero-order valence-corrected chi connectivity index (χ0v) is 11.1. The number of nitrogens with zero attached hydrogens (tertiary/aromatic N) is 2. The monoisotopic (exact) mass is 272 g/mol. The molecule has 5 nitrogen and oxygen atoms in total. The smallest absolute Gasteiger partial charge is 0.145 e. The molecule has 3 N–H and O–H groups in total. The minimum absolute atomic E-state index is 0.0126. The average molecular weight is 272 g/mol. The summed E-state index contributed by atoms with van der Waals surface area (Å²) in [6.07, 6.45) is 3.01. The summed E-state index contributed by atoms with van der Waals surface area (Å²) in [7, 11) is 0. The van der Waals surface area contributed by atoms with Gasteiger partial charge in [-0.1, -0.05) is 12.1 Å². The van der Waals surface area contributed by atoms with Crippen molar-refractivity contribution in [3.63, 3.8) is 0 Å². The minimum Gasteiger partial charge on any atom is -0.505 e. The van der Waals surface area contributed by atoms with Gasteiger partial charge in [0, 0.05) is 23.5 Å². The molecule has 0 aliphatic heterocycles. The van der Waals surface area contributed by atoms with Gasteiger partial charge in [0.05, 0.1) is 24.6 Å². The summed E-state index contributed by atoms with van der Waals surface area (Å²) in [5.74, 6) is 0.0126. The van der Waals surface area contributed by atoms with Gasteiger partial charge >= 0.3 is 0 Å². The highest BCUT2D eigenvalue weighted by Gasteiger charge is 2.09. The molecule has 1 heterocycles. The van der Waals surface area contributed by atoms with Crippen molar-refractivity contribution in [1.29, 1.82) is 0 Å². The van der Waals surface area contributed by atoms with Crippen LogP contribution < -0.4 is 0 Å². The summed E-state index contributed by atoms with van der Waals surface area (Å²) in [6, 6.07) is 7.13. The summed E-state index contributed by atoms with van der Waals surface area (Å²) >= 11 is 0. The maximum atomic E-state index is 9.98. The van der Waals surface area contributed by atoms with Gasteiger partial charge in [-0.15, -0.1) is 0 Å². The number of aromatic nitrogens is 1. The minimum atomic E-state index is -0.223. The van der Waals surface area contributed by atoms with Crippen molar-refractivity contribution in [2.45, 2.75) is 20.1 Å². The van der Waals surface area contributed by atoms with Crippen molar-refractivity contribution in [2.24, 2.45) is 4.99 Å². The molecule has 0 spiro atoms. The van der Waals surface area contributed by atoms with Crippen molar-refractivity contribution in [2.75, 3.05) is 0 Å². The van der Waals surface area contributed by atoms with Crippen molar-refractivity contribution in [1.82, 2.24) is 4.98 Å². The first-order valence-corrected chi connectivity index (χ1v) is 6.18. The Morgan fingerprint density at radius 3 is 2.75 bits per heavy atom. The summed E-state index contributed by atoms with van der Waals surface area (Å²) < 4.78 is 0. The molecule has 0 atom stereocenters. The molecule has 0 radical (unpaired) electrons. The Hall–Kier alpha value is -2.24. The van der Waals surface area contributed by atoms with Crippen LogP contribution in [0.5, 0.6) is 5.75 Å². The number of pyridine rings is 1. The van der Waals surface area contributed by atoms with Gasteiger partial charge < -0.3 is 15.3 Å². The Bertz CT molecular complexity index is 639. The Kier molecular flexibility index (Phi) is 4.45. The number of benzene rings is 1. The maximum Gasteiger partial charge on any atom is 0.145 e. The van der Waals surface area contributed by atoms with Gasteiger partial charge in [-0.25, -0.2) is 0 Å². The van der Waals surface area contributed by atoms with E-state index in [1.165, 1.54) is 12.4 Å². The molecule has 0 amide bonds. The molecule has 20 heavy (non-hydrogen) atoms. The van der Waals surface area contributed by atoms with Crippen LogP contribution in [0.4, 0.5) is 5.69 Å². The summed E-state index contributed by atoms with van der Waals surface area (Å²) in [5, 5.41) is 28.3. The van der Waals surface area contributed by atoms with Crippen LogP contribution in [0.3, 0.4) is 0 Å². The normalized spacial score (nSPS) is 11.2. The van der Waals surface area contributed by atoms with E-state index in [2.05, 4.69) is 9.98 Å². The summed E-state index contributed by atoms with van der Waals surface area (Å²) in [4.78, 5) is 8.25. The highest BCUT2D eigenvalue weighted by molar-refractivity contribution is 5.87. The highest BCUT2D eigenvalue weighted by Crippen LogP contribution is 2.23. The molecule has 1 aromatic heterocycles. The lowest BCUT2D eigenvalue weighted by atomic mass is 10.1. The number of aliphatic hydroxyl groups is 2. The number of rotatable bonds is 4. The fourth-order valence-corrected chi connectivity index (χ4v) is 1.80.